The number of rotatable bonds is 4. The summed E-state index contributed by atoms with van der Waals surface area (Å²) in [6, 6.07) is 10.7. The highest BCUT2D eigenvalue weighted by Gasteiger charge is 2.37. The lowest BCUT2D eigenvalue weighted by atomic mass is 10.0. The standard InChI is InChI=1S/C16H23BrN2/c1-2-14(12-5-3-6-13(17)11-12)18-15-8-10-19-9-4-7-16(15)19/h3,5-6,11,14-16,18H,2,4,7-10H2,1H3. The Morgan fingerprint density at radius 1 is 1.37 bits per heavy atom. The van der Waals surface area contributed by atoms with Gasteiger partial charge >= 0.3 is 0 Å². The van der Waals surface area contributed by atoms with Crippen LogP contribution < -0.4 is 5.32 Å². The molecule has 3 unspecified atom stereocenters. The first kappa shape index (κ1) is 13.6. The lowest BCUT2D eigenvalue weighted by Crippen LogP contribution is -2.40. The van der Waals surface area contributed by atoms with Crippen molar-refractivity contribution >= 4 is 15.9 Å². The first-order valence-corrected chi connectivity index (χ1v) is 8.33. The van der Waals surface area contributed by atoms with Crippen LogP contribution in [0, 0.1) is 0 Å². The van der Waals surface area contributed by atoms with E-state index in [1.54, 1.807) is 0 Å². The van der Waals surface area contributed by atoms with Gasteiger partial charge in [0.05, 0.1) is 0 Å². The summed E-state index contributed by atoms with van der Waals surface area (Å²) >= 11 is 3.58. The Morgan fingerprint density at radius 3 is 3.05 bits per heavy atom. The summed E-state index contributed by atoms with van der Waals surface area (Å²) in [5.41, 5.74) is 1.41. The van der Waals surface area contributed by atoms with Gasteiger partial charge in [-0.25, -0.2) is 0 Å². The van der Waals surface area contributed by atoms with Crippen LogP contribution in [0.15, 0.2) is 28.7 Å². The van der Waals surface area contributed by atoms with Crippen molar-refractivity contribution in [3.05, 3.63) is 34.3 Å². The second-order valence-corrected chi connectivity index (χ2v) is 6.74. The molecular formula is C16H23BrN2. The van der Waals surface area contributed by atoms with E-state index in [1.165, 1.54) is 42.4 Å². The molecule has 3 atom stereocenters. The van der Waals surface area contributed by atoms with Crippen molar-refractivity contribution in [2.75, 3.05) is 13.1 Å². The predicted octanol–water partition coefficient (Wildman–Crippen LogP) is 3.73. The number of hydrogen-bond acceptors (Lipinski definition) is 2. The Morgan fingerprint density at radius 2 is 2.26 bits per heavy atom. The van der Waals surface area contributed by atoms with Crippen LogP contribution in [0.4, 0.5) is 0 Å². The van der Waals surface area contributed by atoms with Crippen LogP contribution in [0.2, 0.25) is 0 Å². The summed E-state index contributed by atoms with van der Waals surface area (Å²) < 4.78 is 1.18. The highest BCUT2D eigenvalue weighted by molar-refractivity contribution is 9.10. The van der Waals surface area contributed by atoms with Crippen LogP contribution in [-0.2, 0) is 0 Å². The molecule has 3 heteroatoms. The second kappa shape index (κ2) is 5.94. The smallest absolute Gasteiger partial charge is 0.0321 e. The van der Waals surface area contributed by atoms with Gasteiger partial charge in [0.15, 0.2) is 0 Å². The van der Waals surface area contributed by atoms with Crippen molar-refractivity contribution in [1.29, 1.82) is 0 Å². The summed E-state index contributed by atoms with van der Waals surface area (Å²) in [6.45, 7) is 4.88. The van der Waals surface area contributed by atoms with Gasteiger partial charge in [-0.2, -0.15) is 0 Å². The minimum absolute atomic E-state index is 0.489. The molecule has 0 aromatic heterocycles. The van der Waals surface area contributed by atoms with Gasteiger partial charge in [0.25, 0.3) is 0 Å². The van der Waals surface area contributed by atoms with E-state index in [4.69, 9.17) is 0 Å². The van der Waals surface area contributed by atoms with Crippen LogP contribution in [-0.4, -0.2) is 30.1 Å². The van der Waals surface area contributed by atoms with Gasteiger partial charge < -0.3 is 5.32 Å². The lowest BCUT2D eigenvalue weighted by Gasteiger charge is -2.27. The Labute approximate surface area is 124 Å². The van der Waals surface area contributed by atoms with Gasteiger partial charge in [-0.3, -0.25) is 4.90 Å². The molecule has 0 saturated carbocycles. The summed E-state index contributed by atoms with van der Waals surface area (Å²) in [7, 11) is 0. The summed E-state index contributed by atoms with van der Waals surface area (Å²) in [5, 5.41) is 3.92. The van der Waals surface area contributed by atoms with Crippen LogP contribution >= 0.6 is 15.9 Å². The zero-order valence-corrected chi connectivity index (χ0v) is 13.2. The van der Waals surface area contributed by atoms with Gasteiger partial charge in [0.1, 0.15) is 0 Å². The Balaban J connectivity index is 1.70. The van der Waals surface area contributed by atoms with Crippen LogP contribution in [0.1, 0.15) is 44.2 Å². The van der Waals surface area contributed by atoms with E-state index < -0.39 is 0 Å². The van der Waals surface area contributed by atoms with Crippen LogP contribution in [0.25, 0.3) is 0 Å². The largest absolute Gasteiger partial charge is 0.306 e. The summed E-state index contributed by atoms with van der Waals surface area (Å²) in [6.07, 6.45) is 5.23. The molecule has 2 heterocycles. The van der Waals surface area contributed by atoms with E-state index in [2.05, 4.69) is 57.3 Å². The minimum Gasteiger partial charge on any atom is -0.306 e. The monoisotopic (exact) mass is 322 g/mol. The van der Waals surface area contributed by atoms with E-state index in [1.807, 2.05) is 0 Å². The van der Waals surface area contributed by atoms with Crippen molar-refractivity contribution < 1.29 is 0 Å². The Hall–Kier alpha value is -0.380. The maximum atomic E-state index is 3.92. The molecule has 0 bridgehead atoms. The number of nitrogens with one attached hydrogen (secondary N) is 1. The first-order chi connectivity index (χ1) is 9.28. The number of hydrogen-bond donors (Lipinski definition) is 1. The molecule has 0 aliphatic carbocycles. The van der Waals surface area contributed by atoms with Crippen molar-refractivity contribution in [1.82, 2.24) is 10.2 Å². The molecule has 2 aliphatic rings. The molecule has 2 aliphatic heterocycles. The molecule has 1 aromatic carbocycles. The zero-order valence-electron chi connectivity index (χ0n) is 11.6. The number of halogens is 1. The van der Waals surface area contributed by atoms with E-state index in [-0.39, 0.29) is 0 Å². The van der Waals surface area contributed by atoms with E-state index >= 15 is 0 Å². The quantitative estimate of drug-likeness (QED) is 0.908. The highest BCUT2D eigenvalue weighted by atomic mass is 79.9. The van der Waals surface area contributed by atoms with Crippen LogP contribution in [0.5, 0.6) is 0 Å². The first-order valence-electron chi connectivity index (χ1n) is 7.53. The fourth-order valence-electron chi connectivity index (χ4n) is 3.71. The lowest BCUT2D eigenvalue weighted by molar-refractivity contribution is 0.287. The Bertz CT molecular complexity index is 435. The van der Waals surface area contributed by atoms with Crippen LogP contribution in [0.3, 0.4) is 0 Å². The molecule has 2 saturated heterocycles. The van der Waals surface area contributed by atoms with Gasteiger partial charge in [-0.1, -0.05) is 35.0 Å². The summed E-state index contributed by atoms with van der Waals surface area (Å²) in [5.74, 6) is 0. The van der Waals surface area contributed by atoms with Crippen molar-refractivity contribution in [3.8, 4) is 0 Å². The highest BCUT2D eigenvalue weighted by Crippen LogP contribution is 2.30. The third kappa shape index (κ3) is 2.88. The van der Waals surface area contributed by atoms with Gasteiger partial charge in [0.2, 0.25) is 0 Å². The van der Waals surface area contributed by atoms with Crippen molar-refractivity contribution in [3.63, 3.8) is 0 Å². The average molecular weight is 323 g/mol. The molecule has 2 nitrogen and oxygen atoms in total. The molecule has 1 N–H and O–H groups in total. The number of benzene rings is 1. The van der Waals surface area contributed by atoms with E-state index in [0.717, 1.165) is 12.5 Å². The van der Waals surface area contributed by atoms with Gasteiger partial charge in [-0.15, -0.1) is 0 Å². The maximum Gasteiger partial charge on any atom is 0.0321 e. The third-order valence-electron chi connectivity index (χ3n) is 4.68. The fraction of sp³-hybridized carbons (Fsp3) is 0.625. The van der Waals surface area contributed by atoms with E-state index in [0.29, 0.717) is 12.1 Å². The second-order valence-electron chi connectivity index (χ2n) is 5.82. The number of nitrogens with zero attached hydrogens (tertiary/aromatic N) is 1. The summed E-state index contributed by atoms with van der Waals surface area (Å²) in [4.78, 5) is 2.67. The van der Waals surface area contributed by atoms with Gasteiger partial charge in [0, 0.05) is 29.1 Å². The number of fused-ring (bicyclic) bond motifs is 1. The van der Waals surface area contributed by atoms with Crippen molar-refractivity contribution in [2.24, 2.45) is 0 Å². The molecule has 0 radical (unpaired) electrons. The molecule has 0 amide bonds. The molecule has 2 fully saturated rings. The molecular weight excluding hydrogens is 300 g/mol. The maximum absolute atomic E-state index is 3.92. The SMILES string of the molecule is CCC(NC1CCN2CCCC12)c1cccc(Br)c1. The molecule has 19 heavy (non-hydrogen) atoms. The normalized spacial score (nSPS) is 28.5. The predicted molar refractivity (Wildman–Crippen MR) is 83.3 cm³/mol. The topological polar surface area (TPSA) is 15.3 Å². The molecule has 1 aromatic rings. The van der Waals surface area contributed by atoms with E-state index in [9.17, 15) is 0 Å². The molecule has 104 valence electrons. The third-order valence-corrected chi connectivity index (χ3v) is 5.17. The fourth-order valence-corrected chi connectivity index (χ4v) is 4.13. The zero-order chi connectivity index (χ0) is 13.2. The van der Waals surface area contributed by atoms with Gasteiger partial charge in [-0.05, 0) is 49.9 Å². The minimum atomic E-state index is 0.489. The average Bonchev–Trinajstić information content (AvgIpc) is 2.99. The molecule has 0 spiro atoms. The van der Waals surface area contributed by atoms with Crippen molar-refractivity contribution in [2.45, 2.75) is 50.7 Å². The Kier molecular flexibility index (Phi) is 4.25. The molecule has 3 rings (SSSR count).